The van der Waals surface area contributed by atoms with Gasteiger partial charge in [0.05, 0.1) is 28.4 Å². The third-order valence-electron chi connectivity index (χ3n) is 5.30. The number of sulfonamides is 1. The zero-order valence-electron chi connectivity index (χ0n) is 19.2. The van der Waals surface area contributed by atoms with Gasteiger partial charge in [0.2, 0.25) is 10.0 Å². The molecule has 9 nitrogen and oxygen atoms in total. The second-order valence-corrected chi connectivity index (χ2v) is 11.9. The monoisotopic (exact) mass is 523 g/mol. The van der Waals surface area contributed by atoms with Crippen molar-refractivity contribution in [2.24, 2.45) is 0 Å². The van der Waals surface area contributed by atoms with Crippen LogP contribution in [-0.2, 0) is 19.5 Å². The molecule has 0 aliphatic carbocycles. The zero-order chi connectivity index (χ0) is 24.6. The number of benzene rings is 1. The molecule has 1 saturated heterocycles. The quantitative estimate of drug-likeness (QED) is 0.488. The van der Waals surface area contributed by atoms with Gasteiger partial charge in [0.15, 0.2) is 5.13 Å². The van der Waals surface area contributed by atoms with Crippen molar-refractivity contribution in [2.45, 2.75) is 44.8 Å². The van der Waals surface area contributed by atoms with E-state index in [2.05, 4.69) is 10.3 Å². The number of hydrogen-bond acceptors (Lipinski definition) is 9. The summed E-state index contributed by atoms with van der Waals surface area (Å²) in [4.78, 5) is 30.5. The Bertz CT molecular complexity index is 1320. The molecule has 0 saturated carbocycles. The number of aromatic nitrogens is 1. The number of esters is 1. The van der Waals surface area contributed by atoms with Crippen molar-refractivity contribution in [3.8, 4) is 0 Å². The molecule has 0 radical (unpaired) electrons. The van der Waals surface area contributed by atoms with Crippen LogP contribution in [0.2, 0.25) is 0 Å². The van der Waals surface area contributed by atoms with Crippen molar-refractivity contribution in [3.63, 3.8) is 0 Å². The molecule has 182 valence electrons. The molecule has 0 bridgehead atoms. The Balaban J connectivity index is 1.48. The maximum atomic E-state index is 13.0. The Morgan fingerprint density at radius 1 is 1.18 bits per heavy atom. The maximum absolute atomic E-state index is 13.0. The molecule has 0 spiro atoms. The van der Waals surface area contributed by atoms with E-state index in [9.17, 15) is 18.0 Å². The highest BCUT2D eigenvalue weighted by atomic mass is 32.2. The van der Waals surface area contributed by atoms with Crippen LogP contribution in [-0.4, -0.2) is 61.5 Å². The fourth-order valence-electron chi connectivity index (χ4n) is 3.76. The van der Waals surface area contributed by atoms with Crippen LogP contribution in [0.5, 0.6) is 0 Å². The van der Waals surface area contributed by atoms with Crippen LogP contribution in [0.15, 0.2) is 29.2 Å². The summed E-state index contributed by atoms with van der Waals surface area (Å²) >= 11 is 2.50. The minimum Gasteiger partial charge on any atom is -0.462 e. The summed E-state index contributed by atoms with van der Waals surface area (Å²) in [5, 5.41) is 3.15. The van der Waals surface area contributed by atoms with Gasteiger partial charge < -0.3 is 9.47 Å². The molecule has 1 amide bonds. The van der Waals surface area contributed by atoms with Crippen molar-refractivity contribution >= 4 is 59.2 Å². The Hall–Kier alpha value is -2.38. The molecule has 1 N–H and O–H groups in total. The lowest BCUT2D eigenvalue weighted by molar-refractivity contribution is -0.0440. The number of morpholine rings is 1. The number of anilines is 1. The highest BCUT2D eigenvalue weighted by Crippen LogP contribution is 2.37. The number of carbonyl (C=O) groups is 2. The van der Waals surface area contributed by atoms with Crippen LogP contribution in [0.25, 0.3) is 9.53 Å². The van der Waals surface area contributed by atoms with Gasteiger partial charge in [0.1, 0.15) is 9.71 Å². The molecule has 3 aromatic rings. The summed E-state index contributed by atoms with van der Waals surface area (Å²) in [6.07, 6.45) is -0.373. The Morgan fingerprint density at radius 3 is 2.41 bits per heavy atom. The number of amides is 1. The van der Waals surface area contributed by atoms with E-state index < -0.39 is 15.9 Å². The van der Waals surface area contributed by atoms with Crippen molar-refractivity contribution < 1.29 is 27.5 Å². The highest BCUT2D eigenvalue weighted by molar-refractivity contribution is 7.89. The summed E-state index contributed by atoms with van der Waals surface area (Å²) in [5.74, 6) is -0.779. The Labute approximate surface area is 205 Å². The number of nitrogens with one attached hydrogen (secondary N) is 1. The minimum atomic E-state index is -3.68. The van der Waals surface area contributed by atoms with Crippen LogP contribution >= 0.6 is 22.7 Å². The predicted octanol–water partition coefficient (Wildman–Crippen LogP) is 3.89. The standard InChI is InChI=1S/C22H25N3O6S3/c1-5-30-21(27)18-14(4)17-20(32-18)24-22(33-17)23-19(26)15-6-8-16(9-7-15)34(28,29)25-10-12(2)31-13(3)11-25/h6-9,12-13H,5,10-11H2,1-4H3,(H,23,24,26). The number of thiazole rings is 1. The lowest BCUT2D eigenvalue weighted by Gasteiger charge is -2.34. The van der Waals surface area contributed by atoms with Crippen LogP contribution < -0.4 is 5.32 Å². The number of aryl methyl sites for hydroxylation is 1. The van der Waals surface area contributed by atoms with Crippen molar-refractivity contribution in [1.29, 1.82) is 0 Å². The average Bonchev–Trinajstić information content (AvgIpc) is 3.31. The topological polar surface area (TPSA) is 115 Å². The number of nitrogens with zero attached hydrogens (tertiary/aromatic N) is 2. The predicted molar refractivity (Wildman–Crippen MR) is 131 cm³/mol. The summed E-state index contributed by atoms with van der Waals surface area (Å²) in [6.45, 7) is 8.12. The van der Waals surface area contributed by atoms with Crippen LogP contribution in [0, 0.1) is 6.92 Å². The van der Waals surface area contributed by atoms with E-state index >= 15 is 0 Å². The maximum Gasteiger partial charge on any atom is 0.348 e. The average molecular weight is 524 g/mol. The van der Waals surface area contributed by atoms with Gasteiger partial charge in [-0.1, -0.05) is 11.3 Å². The van der Waals surface area contributed by atoms with Gasteiger partial charge in [-0.2, -0.15) is 4.31 Å². The van der Waals surface area contributed by atoms with E-state index in [-0.39, 0.29) is 36.2 Å². The third kappa shape index (κ3) is 4.86. The molecule has 34 heavy (non-hydrogen) atoms. The number of ether oxygens (including phenoxy) is 2. The first kappa shape index (κ1) is 24.7. The van der Waals surface area contributed by atoms with Gasteiger partial charge in [-0.3, -0.25) is 10.1 Å². The fourth-order valence-corrected chi connectivity index (χ4v) is 7.56. The molecule has 1 aromatic carbocycles. The normalized spacial score (nSPS) is 19.3. The SMILES string of the molecule is CCOC(=O)c1sc2nc(NC(=O)c3ccc(S(=O)(=O)N4CC(C)OC(C)C4)cc3)sc2c1C. The lowest BCUT2D eigenvalue weighted by atomic mass is 10.2. The van der Waals surface area contributed by atoms with Gasteiger partial charge >= 0.3 is 5.97 Å². The Kier molecular flexibility index (Phi) is 7.06. The molecule has 2 unspecified atom stereocenters. The molecule has 12 heteroatoms. The number of fused-ring (bicyclic) bond motifs is 1. The first-order chi connectivity index (χ1) is 16.1. The van der Waals surface area contributed by atoms with Gasteiger partial charge in [0, 0.05) is 18.7 Å². The summed E-state index contributed by atoms with van der Waals surface area (Å²) in [6, 6.07) is 5.83. The van der Waals surface area contributed by atoms with Crippen LogP contribution in [0.1, 0.15) is 46.4 Å². The van der Waals surface area contributed by atoms with E-state index in [1.165, 1.54) is 51.2 Å². The minimum absolute atomic E-state index is 0.127. The lowest BCUT2D eigenvalue weighted by Crippen LogP contribution is -2.48. The number of rotatable bonds is 6. The molecule has 1 fully saturated rings. The van der Waals surface area contributed by atoms with E-state index in [4.69, 9.17) is 9.47 Å². The van der Waals surface area contributed by atoms with Crippen LogP contribution in [0.4, 0.5) is 5.13 Å². The Morgan fingerprint density at radius 2 is 1.82 bits per heavy atom. The molecule has 1 aliphatic rings. The van der Waals surface area contributed by atoms with Gasteiger partial charge in [-0.05, 0) is 57.5 Å². The van der Waals surface area contributed by atoms with Gasteiger partial charge in [-0.15, -0.1) is 11.3 Å². The van der Waals surface area contributed by atoms with E-state index in [0.717, 1.165) is 10.3 Å². The molecular weight excluding hydrogens is 498 g/mol. The molecular formula is C22H25N3O6S3. The van der Waals surface area contributed by atoms with Crippen molar-refractivity contribution in [2.75, 3.05) is 25.0 Å². The van der Waals surface area contributed by atoms with Crippen molar-refractivity contribution in [1.82, 2.24) is 9.29 Å². The van der Waals surface area contributed by atoms with E-state index in [1.807, 2.05) is 20.8 Å². The second-order valence-electron chi connectivity index (χ2n) is 7.99. The number of thiophene rings is 1. The highest BCUT2D eigenvalue weighted by Gasteiger charge is 2.32. The molecule has 3 heterocycles. The molecule has 4 rings (SSSR count). The van der Waals surface area contributed by atoms with E-state index in [1.54, 1.807) is 6.92 Å². The summed E-state index contributed by atoms with van der Waals surface area (Å²) in [7, 11) is -3.68. The third-order valence-corrected chi connectivity index (χ3v) is 9.53. The summed E-state index contributed by atoms with van der Waals surface area (Å²) < 4.78 is 38.9. The van der Waals surface area contributed by atoms with Crippen molar-refractivity contribution in [3.05, 3.63) is 40.3 Å². The smallest absolute Gasteiger partial charge is 0.348 e. The largest absolute Gasteiger partial charge is 0.462 e. The van der Waals surface area contributed by atoms with Crippen LogP contribution in [0.3, 0.4) is 0 Å². The van der Waals surface area contributed by atoms with E-state index in [0.29, 0.717) is 27.0 Å². The van der Waals surface area contributed by atoms with Gasteiger partial charge in [0.25, 0.3) is 5.91 Å². The number of hydrogen-bond donors (Lipinski definition) is 1. The number of carbonyl (C=O) groups excluding carboxylic acids is 2. The fraction of sp³-hybridized carbons (Fsp3) is 0.409. The summed E-state index contributed by atoms with van der Waals surface area (Å²) in [5.41, 5.74) is 1.09. The first-order valence-electron chi connectivity index (χ1n) is 10.7. The molecule has 2 aromatic heterocycles. The molecule has 1 aliphatic heterocycles. The first-order valence-corrected chi connectivity index (χ1v) is 13.8. The second kappa shape index (κ2) is 9.70. The zero-order valence-corrected chi connectivity index (χ0v) is 21.6. The van der Waals surface area contributed by atoms with Gasteiger partial charge in [-0.25, -0.2) is 18.2 Å². The molecule has 2 atom stereocenters.